The van der Waals surface area contributed by atoms with Gasteiger partial charge in [-0.05, 0) is 32.9 Å². The van der Waals surface area contributed by atoms with Crippen molar-refractivity contribution in [3.8, 4) is 0 Å². The molecule has 1 unspecified atom stereocenters. The van der Waals surface area contributed by atoms with Crippen molar-refractivity contribution in [2.75, 3.05) is 37.3 Å². The number of likely N-dealkylation sites (tertiary alicyclic amines) is 1. The van der Waals surface area contributed by atoms with Crippen molar-refractivity contribution in [2.24, 2.45) is 0 Å². The number of nitrogens with zero attached hydrogens (tertiary/aromatic N) is 5. The first-order valence-corrected chi connectivity index (χ1v) is 7.17. The third-order valence-corrected chi connectivity index (χ3v) is 3.99. The van der Waals surface area contributed by atoms with Crippen molar-refractivity contribution < 1.29 is 4.92 Å². The molecule has 116 valence electrons. The van der Waals surface area contributed by atoms with E-state index < -0.39 is 4.92 Å². The van der Waals surface area contributed by atoms with Crippen molar-refractivity contribution in [1.82, 2.24) is 14.9 Å². The van der Waals surface area contributed by atoms with Crippen LogP contribution in [0.25, 0.3) is 0 Å². The normalized spacial score (nSPS) is 18.9. The number of hydrogen-bond acceptors (Lipinski definition) is 7. The van der Waals surface area contributed by atoms with Gasteiger partial charge in [-0.1, -0.05) is 6.92 Å². The van der Waals surface area contributed by atoms with E-state index in [-0.39, 0.29) is 11.6 Å². The van der Waals surface area contributed by atoms with Gasteiger partial charge >= 0.3 is 5.69 Å². The molecule has 0 aromatic carbocycles. The number of nitrogens with two attached hydrogens (primary N) is 1. The van der Waals surface area contributed by atoms with Crippen LogP contribution in [0.1, 0.15) is 25.5 Å². The first-order valence-electron chi connectivity index (χ1n) is 7.17. The molecule has 0 amide bonds. The summed E-state index contributed by atoms with van der Waals surface area (Å²) >= 11 is 0. The molecule has 2 N–H and O–H groups in total. The Balaban J connectivity index is 2.26. The van der Waals surface area contributed by atoms with Gasteiger partial charge in [0.25, 0.3) is 0 Å². The van der Waals surface area contributed by atoms with E-state index in [0.717, 1.165) is 19.5 Å². The third-order valence-electron chi connectivity index (χ3n) is 3.99. The molecule has 1 aliphatic heterocycles. The maximum atomic E-state index is 11.3. The molecular formula is C13H22N6O2. The molecule has 0 bridgehead atoms. The van der Waals surface area contributed by atoms with E-state index in [1.165, 1.54) is 6.42 Å². The van der Waals surface area contributed by atoms with Gasteiger partial charge in [0.15, 0.2) is 0 Å². The van der Waals surface area contributed by atoms with E-state index in [1.807, 2.05) is 11.9 Å². The van der Waals surface area contributed by atoms with E-state index in [0.29, 0.717) is 24.1 Å². The van der Waals surface area contributed by atoms with Crippen molar-refractivity contribution >= 4 is 17.5 Å². The van der Waals surface area contributed by atoms with Crippen LogP contribution in [0.5, 0.6) is 0 Å². The van der Waals surface area contributed by atoms with Crippen LogP contribution in [0.15, 0.2) is 0 Å². The number of anilines is 2. The van der Waals surface area contributed by atoms with Gasteiger partial charge in [-0.2, -0.15) is 4.98 Å². The predicted molar refractivity (Wildman–Crippen MR) is 81.4 cm³/mol. The van der Waals surface area contributed by atoms with Crippen LogP contribution < -0.4 is 10.6 Å². The Morgan fingerprint density at radius 3 is 2.86 bits per heavy atom. The molecule has 1 fully saturated rings. The van der Waals surface area contributed by atoms with Gasteiger partial charge in [-0.25, -0.2) is 4.98 Å². The first-order chi connectivity index (χ1) is 9.93. The van der Waals surface area contributed by atoms with Crippen LogP contribution >= 0.6 is 0 Å². The molecule has 0 aliphatic carbocycles. The van der Waals surface area contributed by atoms with Crippen LogP contribution in [0.4, 0.5) is 17.5 Å². The topological polar surface area (TPSA) is 101 Å². The molecule has 21 heavy (non-hydrogen) atoms. The highest BCUT2D eigenvalue weighted by Gasteiger charge is 2.29. The number of nitrogen functional groups attached to an aromatic ring is 1. The van der Waals surface area contributed by atoms with E-state index in [9.17, 15) is 10.1 Å². The molecular weight excluding hydrogens is 272 g/mol. The summed E-state index contributed by atoms with van der Waals surface area (Å²) in [6.45, 7) is 6.49. The fraction of sp³-hybridized carbons (Fsp3) is 0.692. The minimum Gasteiger partial charge on any atom is -0.368 e. The fourth-order valence-corrected chi connectivity index (χ4v) is 2.97. The third kappa shape index (κ3) is 3.21. The molecule has 1 saturated heterocycles. The maximum absolute atomic E-state index is 11.3. The van der Waals surface area contributed by atoms with Gasteiger partial charge < -0.3 is 10.6 Å². The van der Waals surface area contributed by atoms with Crippen LogP contribution in [0, 0.1) is 17.0 Å². The summed E-state index contributed by atoms with van der Waals surface area (Å²) in [7, 11) is 1.82. The van der Waals surface area contributed by atoms with Gasteiger partial charge in [0.1, 0.15) is 5.69 Å². The summed E-state index contributed by atoms with van der Waals surface area (Å²) in [6, 6.07) is 0.399. The van der Waals surface area contributed by atoms with E-state index in [4.69, 9.17) is 5.73 Å². The minimum absolute atomic E-state index is 0.0623. The van der Waals surface area contributed by atoms with E-state index >= 15 is 0 Å². The molecule has 0 saturated carbocycles. The second kappa shape index (κ2) is 6.21. The van der Waals surface area contributed by atoms with Crippen LogP contribution in [0.2, 0.25) is 0 Å². The highest BCUT2D eigenvalue weighted by Crippen LogP contribution is 2.29. The average molecular weight is 294 g/mol. The summed E-state index contributed by atoms with van der Waals surface area (Å²) in [4.78, 5) is 23.0. The molecule has 1 atom stereocenters. The lowest BCUT2D eigenvalue weighted by molar-refractivity contribution is -0.385. The number of rotatable bonds is 5. The number of hydrogen-bond donors (Lipinski definition) is 1. The Morgan fingerprint density at radius 2 is 2.24 bits per heavy atom. The Bertz CT molecular complexity index is 536. The highest BCUT2D eigenvalue weighted by atomic mass is 16.6. The smallest absolute Gasteiger partial charge is 0.332 e. The lowest BCUT2D eigenvalue weighted by Gasteiger charge is -2.28. The molecule has 2 rings (SSSR count). The molecule has 2 heterocycles. The summed E-state index contributed by atoms with van der Waals surface area (Å²) in [6.07, 6.45) is 2.27. The summed E-state index contributed by atoms with van der Waals surface area (Å²) < 4.78 is 0. The average Bonchev–Trinajstić information content (AvgIpc) is 2.84. The summed E-state index contributed by atoms with van der Waals surface area (Å²) in [5.74, 6) is 0.367. The van der Waals surface area contributed by atoms with Crippen molar-refractivity contribution in [2.45, 2.75) is 32.7 Å². The second-order valence-corrected chi connectivity index (χ2v) is 5.40. The predicted octanol–water partition coefficient (Wildman–Crippen LogP) is 1.20. The van der Waals surface area contributed by atoms with Crippen molar-refractivity contribution in [1.29, 1.82) is 0 Å². The van der Waals surface area contributed by atoms with E-state index in [1.54, 1.807) is 6.92 Å². The monoisotopic (exact) mass is 294 g/mol. The van der Waals surface area contributed by atoms with Crippen LogP contribution in [0.3, 0.4) is 0 Å². The Hall–Kier alpha value is -1.96. The zero-order chi connectivity index (χ0) is 15.6. The Kier molecular flexibility index (Phi) is 4.56. The maximum Gasteiger partial charge on any atom is 0.332 e. The van der Waals surface area contributed by atoms with Gasteiger partial charge in [0.05, 0.1) is 4.92 Å². The standard InChI is InChI=1S/C13H22N6O2/c1-4-18-7-5-6-10(18)8-17(3)12-11(19(20)21)9(2)15-13(14)16-12/h10H,4-8H2,1-3H3,(H2,14,15,16). The fourth-order valence-electron chi connectivity index (χ4n) is 2.97. The number of likely N-dealkylation sites (N-methyl/N-ethyl adjacent to an activating group) is 2. The lowest BCUT2D eigenvalue weighted by Crippen LogP contribution is -2.39. The van der Waals surface area contributed by atoms with Crippen LogP contribution in [-0.2, 0) is 0 Å². The van der Waals surface area contributed by atoms with Gasteiger partial charge in [0.2, 0.25) is 11.8 Å². The lowest BCUT2D eigenvalue weighted by atomic mass is 10.2. The quantitative estimate of drug-likeness (QED) is 0.643. The highest BCUT2D eigenvalue weighted by molar-refractivity contribution is 5.61. The molecule has 0 radical (unpaired) electrons. The number of aromatic nitrogens is 2. The largest absolute Gasteiger partial charge is 0.368 e. The number of aryl methyl sites for hydroxylation is 1. The molecule has 1 aromatic rings. The molecule has 8 heteroatoms. The minimum atomic E-state index is -0.438. The molecule has 1 aromatic heterocycles. The SMILES string of the molecule is CCN1CCCC1CN(C)c1nc(N)nc(C)c1[N+](=O)[O-]. The van der Waals surface area contributed by atoms with Gasteiger partial charge in [-0.3, -0.25) is 15.0 Å². The molecule has 1 aliphatic rings. The Morgan fingerprint density at radius 1 is 1.52 bits per heavy atom. The Labute approximate surface area is 124 Å². The number of nitro groups is 1. The first kappa shape index (κ1) is 15.4. The summed E-state index contributed by atoms with van der Waals surface area (Å²) in [5, 5.41) is 11.3. The zero-order valence-electron chi connectivity index (χ0n) is 12.7. The van der Waals surface area contributed by atoms with Crippen molar-refractivity contribution in [3.05, 3.63) is 15.8 Å². The van der Waals surface area contributed by atoms with Crippen molar-refractivity contribution in [3.63, 3.8) is 0 Å². The zero-order valence-corrected chi connectivity index (χ0v) is 12.7. The van der Waals surface area contributed by atoms with Crippen LogP contribution in [-0.4, -0.2) is 52.5 Å². The van der Waals surface area contributed by atoms with Gasteiger partial charge in [0, 0.05) is 19.6 Å². The second-order valence-electron chi connectivity index (χ2n) is 5.40. The van der Waals surface area contributed by atoms with E-state index in [2.05, 4.69) is 21.8 Å². The molecule has 0 spiro atoms. The molecule has 8 nitrogen and oxygen atoms in total. The van der Waals surface area contributed by atoms with Gasteiger partial charge in [-0.15, -0.1) is 0 Å². The summed E-state index contributed by atoms with van der Waals surface area (Å²) in [5.41, 5.74) is 5.88.